The van der Waals surface area contributed by atoms with Crippen LogP contribution in [0.2, 0.25) is 0 Å². The zero-order valence-electron chi connectivity index (χ0n) is 13.3. The number of nitrogens with one attached hydrogen (secondary N) is 1. The lowest BCUT2D eigenvalue weighted by Crippen LogP contribution is -2.23. The fourth-order valence-electron chi connectivity index (χ4n) is 2.49. The Hall–Kier alpha value is -0.960. The first-order valence-corrected chi connectivity index (χ1v) is 8.37. The van der Waals surface area contributed by atoms with E-state index in [0.717, 1.165) is 12.2 Å². The Labute approximate surface area is 124 Å². The van der Waals surface area contributed by atoms with Crippen LogP contribution in [0.3, 0.4) is 0 Å². The topological polar surface area (TPSA) is 37.8 Å². The predicted octanol–water partition coefficient (Wildman–Crippen LogP) is 4.66. The summed E-state index contributed by atoms with van der Waals surface area (Å²) in [5, 5.41) is 3.61. The van der Waals surface area contributed by atoms with E-state index in [0.29, 0.717) is 6.04 Å². The molecule has 1 N–H and O–H groups in total. The summed E-state index contributed by atoms with van der Waals surface area (Å²) in [6.07, 6.45) is 15.4. The minimum atomic E-state index is 0.397. The van der Waals surface area contributed by atoms with Crippen molar-refractivity contribution in [1.82, 2.24) is 15.3 Å². The quantitative estimate of drug-likeness (QED) is 0.565. The van der Waals surface area contributed by atoms with Crippen LogP contribution in [0.25, 0.3) is 0 Å². The van der Waals surface area contributed by atoms with Crippen LogP contribution < -0.4 is 5.32 Å². The number of unbranched alkanes of at least 4 members (excludes halogenated alkanes) is 6. The maximum Gasteiger partial charge on any atom is 0.115 e. The first-order chi connectivity index (χ1) is 9.88. The van der Waals surface area contributed by atoms with Crippen molar-refractivity contribution in [2.24, 2.45) is 0 Å². The maximum atomic E-state index is 4.40. The molecule has 0 saturated carbocycles. The maximum absolute atomic E-state index is 4.40. The van der Waals surface area contributed by atoms with E-state index in [2.05, 4.69) is 29.1 Å². The predicted molar refractivity (Wildman–Crippen MR) is 85.7 cm³/mol. The van der Waals surface area contributed by atoms with Crippen LogP contribution >= 0.6 is 0 Å². The summed E-state index contributed by atoms with van der Waals surface area (Å²) >= 11 is 0. The molecule has 1 rings (SSSR count). The molecule has 1 atom stereocenters. The van der Waals surface area contributed by atoms with Gasteiger partial charge in [0.1, 0.15) is 6.33 Å². The van der Waals surface area contributed by atoms with Crippen molar-refractivity contribution >= 4 is 0 Å². The number of nitrogens with zero attached hydrogens (tertiary/aromatic N) is 2. The minimum absolute atomic E-state index is 0.397. The standard InChI is InChI=1S/C17H31N3/c1-3-5-6-7-8-9-10-11-16(19-13-4-2)17-12-14-18-15-20-17/h12,14-16,19H,3-11,13H2,1-2H3. The molecule has 0 spiro atoms. The lowest BCUT2D eigenvalue weighted by atomic mass is 10.0. The van der Waals surface area contributed by atoms with Crippen molar-refractivity contribution in [2.45, 2.75) is 77.7 Å². The Morgan fingerprint density at radius 2 is 1.75 bits per heavy atom. The van der Waals surface area contributed by atoms with Crippen LogP contribution in [0, 0.1) is 0 Å². The van der Waals surface area contributed by atoms with E-state index in [9.17, 15) is 0 Å². The van der Waals surface area contributed by atoms with Gasteiger partial charge in [-0.25, -0.2) is 9.97 Å². The van der Waals surface area contributed by atoms with Crippen molar-refractivity contribution in [1.29, 1.82) is 0 Å². The first kappa shape index (κ1) is 17.1. The van der Waals surface area contributed by atoms with Crippen LogP contribution in [0.15, 0.2) is 18.6 Å². The largest absolute Gasteiger partial charge is 0.309 e. The second-order valence-electron chi connectivity index (χ2n) is 5.55. The molecule has 1 aromatic heterocycles. The summed E-state index contributed by atoms with van der Waals surface area (Å²) in [7, 11) is 0. The second kappa shape index (κ2) is 11.8. The molecule has 1 heterocycles. The first-order valence-electron chi connectivity index (χ1n) is 8.37. The van der Waals surface area contributed by atoms with Gasteiger partial charge in [-0.3, -0.25) is 0 Å². The average Bonchev–Trinajstić information content (AvgIpc) is 2.50. The normalized spacial score (nSPS) is 12.5. The average molecular weight is 277 g/mol. The molecule has 1 aromatic rings. The highest BCUT2D eigenvalue weighted by atomic mass is 14.9. The van der Waals surface area contributed by atoms with E-state index >= 15 is 0 Å². The summed E-state index contributed by atoms with van der Waals surface area (Å²) in [6, 6.07) is 2.43. The van der Waals surface area contributed by atoms with Crippen LogP contribution in [-0.2, 0) is 0 Å². The van der Waals surface area contributed by atoms with Crippen LogP contribution in [0.1, 0.15) is 83.4 Å². The molecular formula is C17H31N3. The highest BCUT2D eigenvalue weighted by molar-refractivity contribution is 5.04. The lowest BCUT2D eigenvalue weighted by Gasteiger charge is -2.17. The third kappa shape index (κ3) is 7.59. The van der Waals surface area contributed by atoms with Gasteiger partial charge in [-0.1, -0.05) is 58.8 Å². The van der Waals surface area contributed by atoms with Crippen molar-refractivity contribution < 1.29 is 0 Å². The third-order valence-electron chi connectivity index (χ3n) is 3.70. The van der Waals surface area contributed by atoms with Gasteiger partial charge in [0.05, 0.1) is 5.69 Å². The Bertz CT molecular complexity index is 313. The van der Waals surface area contributed by atoms with Crippen LogP contribution in [0.5, 0.6) is 0 Å². The molecule has 0 aromatic carbocycles. The zero-order valence-corrected chi connectivity index (χ0v) is 13.3. The highest BCUT2D eigenvalue weighted by Gasteiger charge is 2.11. The van der Waals surface area contributed by atoms with Crippen molar-refractivity contribution in [3.63, 3.8) is 0 Å². The molecule has 3 heteroatoms. The summed E-state index contributed by atoms with van der Waals surface area (Å²) in [4.78, 5) is 8.41. The Morgan fingerprint density at radius 3 is 2.40 bits per heavy atom. The lowest BCUT2D eigenvalue weighted by molar-refractivity contribution is 0.457. The van der Waals surface area contributed by atoms with Crippen molar-refractivity contribution in [3.05, 3.63) is 24.3 Å². The van der Waals surface area contributed by atoms with Crippen molar-refractivity contribution in [3.8, 4) is 0 Å². The molecule has 0 bridgehead atoms. The van der Waals surface area contributed by atoms with Gasteiger partial charge >= 0.3 is 0 Å². The van der Waals surface area contributed by atoms with E-state index < -0.39 is 0 Å². The second-order valence-corrected chi connectivity index (χ2v) is 5.55. The van der Waals surface area contributed by atoms with Gasteiger partial charge in [-0.2, -0.15) is 0 Å². The van der Waals surface area contributed by atoms with Gasteiger partial charge in [0.2, 0.25) is 0 Å². The van der Waals surface area contributed by atoms with E-state index in [-0.39, 0.29) is 0 Å². The van der Waals surface area contributed by atoms with E-state index in [1.807, 2.05) is 12.3 Å². The number of aromatic nitrogens is 2. The Balaban J connectivity index is 2.24. The van der Waals surface area contributed by atoms with Gasteiger partial charge < -0.3 is 5.32 Å². The molecule has 0 aliphatic carbocycles. The molecule has 0 radical (unpaired) electrons. The number of rotatable bonds is 12. The summed E-state index contributed by atoms with van der Waals surface area (Å²) in [5.74, 6) is 0. The smallest absolute Gasteiger partial charge is 0.115 e. The highest BCUT2D eigenvalue weighted by Crippen LogP contribution is 2.18. The van der Waals surface area contributed by atoms with Crippen LogP contribution in [0.4, 0.5) is 0 Å². The van der Waals surface area contributed by atoms with Gasteiger partial charge in [0, 0.05) is 12.2 Å². The molecule has 0 aliphatic rings. The number of hydrogen-bond donors (Lipinski definition) is 1. The Kier molecular flexibility index (Phi) is 10.1. The molecule has 1 unspecified atom stereocenters. The van der Waals surface area contributed by atoms with Crippen LogP contribution in [-0.4, -0.2) is 16.5 Å². The summed E-state index contributed by atoms with van der Waals surface area (Å²) in [6.45, 7) is 5.54. The van der Waals surface area contributed by atoms with E-state index in [4.69, 9.17) is 0 Å². The SMILES string of the molecule is CCCCCCCCCC(NCCC)c1ccncn1. The molecule has 0 aliphatic heterocycles. The molecule has 0 fully saturated rings. The van der Waals surface area contributed by atoms with Gasteiger partial charge in [0.25, 0.3) is 0 Å². The fourth-order valence-corrected chi connectivity index (χ4v) is 2.49. The van der Waals surface area contributed by atoms with Crippen molar-refractivity contribution in [2.75, 3.05) is 6.54 Å². The molecule has 3 nitrogen and oxygen atoms in total. The summed E-state index contributed by atoms with van der Waals surface area (Å²) in [5.41, 5.74) is 1.14. The molecule has 114 valence electrons. The van der Waals surface area contributed by atoms with E-state index in [1.165, 1.54) is 57.8 Å². The number of hydrogen-bond acceptors (Lipinski definition) is 3. The Morgan fingerprint density at radius 1 is 1.00 bits per heavy atom. The molecule has 0 amide bonds. The molecular weight excluding hydrogens is 246 g/mol. The van der Waals surface area contributed by atoms with Gasteiger partial charge in [-0.15, -0.1) is 0 Å². The zero-order chi connectivity index (χ0) is 14.5. The van der Waals surface area contributed by atoms with E-state index in [1.54, 1.807) is 6.33 Å². The monoisotopic (exact) mass is 277 g/mol. The minimum Gasteiger partial charge on any atom is -0.309 e. The summed E-state index contributed by atoms with van der Waals surface area (Å²) < 4.78 is 0. The molecule has 0 saturated heterocycles. The molecule has 20 heavy (non-hydrogen) atoms. The van der Waals surface area contributed by atoms with Gasteiger partial charge in [-0.05, 0) is 25.5 Å². The van der Waals surface area contributed by atoms with Gasteiger partial charge in [0.15, 0.2) is 0 Å². The fraction of sp³-hybridized carbons (Fsp3) is 0.765. The third-order valence-corrected chi connectivity index (χ3v) is 3.70.